The molecule has 152 valence electrons. The summed E-state index contributed by atoms with van der Waals surface area (Å²) in [5.41, 5.74) is 2.95. The lowest BCUT2D eigenvalue weighted by molar-refractivity contribution is -0.120. The normalized spacial score (nSPS) is 11.4. The Bertz CT molecular complexity index is 871. The van der Waals surface area contributed by atoms with Gasteiger partial charge >= 0.3 is 0 Å². The Morgan fingerprint density at radius 1 is 1.11 bits per heavy atom. The standard InChI is InChI=1S/C20H24N4O2.2ClH/c1-24-17-11-7-6-10-16(17)22-20(24)19(15-8-4-3-5-9-15)23-18(25)14-21-12-13-26-2;;/h3-11,19,21H,12-14H2,1-2H3,(H,23,25);2*1H. The topological polar surface area (TPSA) is 68.2 Å². The van der Waals surface area contributed by atoms with Gasteiger partial charge in [-0.05, 0) is 17.7 Å². The van der Waals surface area contributed by atoms with Crippen molar-refractivity contribution in [1.29, 1.82) is 0 Å². The lowest BCUT2D eigenvalue weighted by atomic mass is 10.1. The van der Waals surface area contributed by atoms with Gasteiger partial charge in [0.1, 0.15) is 11.9 Å². The second-order valence-corrected chi connectivity index (χ2v) is 6.10. The number of rotatable bonds is 8. The molecular formula is C20H26Cl2N4O2. The van der Waals surface area contributed by atoms with Gasteiger partial charge in [-0.25, -0.2) is 4.98 Å². The number of methoxy groups -OCH3 is 1. The second-order valence-electron chi connectivity index (χ2n) is 6.10. The number of fused-ring (bicyclic) bond motifs is 1. The van der Waals surface area contributed by atoms with Crippen molar-refractivity contribution >= 4 is 41.8 Å². The minimum Gasteiger partial charge on any atom is -0.383 e. The minimum atomic E-state index is -0.315. The van der Waals surface area contributed by atoms with E-state index in [9.17, 15) is 4.79 Å². The first-order chi connectivity index (χ1) is 12.7. The number of imidazole rings is 1. The van der Waals surface area contributed by atoms with Crippen LogP contribution in [0.15, 0.2) is 54.6 Å². The number of nitrogens with zero attached hydrogens (tertiary/aromatic N) is 2. The fourth-order valence-corrected chi connectivity index (χ4v) is 2.95. The number of amides is 1. The van der Waals surface area contributed by atoms with Crippen molar-refractivity contribution in [1.82, 2.24) is 20.2 Å². The quantitative estimate of drug-likeness (QED) is 0.545. The van der Waals surface area contributed by atoms with Crippen LogP contribution in [0.2, 0.25) is 0 Å². The first kappa shape index (κ1) is 23.9. The molecule has 0 bridgehead atoms. The molecule has 1 aromatic heterocycles. The third-order valence-electron chi connectivity index (χ3n) is 4.29. The highest BCUT2D eigenvalue weighted by atomic mass is 35.5. The molecule has 1 amide bonds. The number of nitrogens with one attached hydrogen (secondary N) is 2. The van der Waals surface area contributed by atoms with E-state index in [4.69, 9.17) is 9.72 Å². The lowest BCUT2D eigenvalue weighted by Crippen LogP contribution is -2.38. The number of aryl methyl sites for hydroxylation is 1. The minimum absolute atomic E-state index is 0. The number of benzene rings is 2. The summed E-state index contributed by atoms with van der Waals surface area (Å²) >= 11 is 0. The van der Waals surface area contributed by atoms with Crippen LogP contribution in [0.3, 0.4) is 0 Å². The van der Waals surface area contributed by atoms with Crippen molar-refractivity contribution in [3.63, 3.8) is 0 Å². The summed E-state index contributed by atoms with van der Waals surface area (Å²) in [6.07, 6.45) is 0. The first-order valence-electron chi connectivity index (χ1n) is 8.66. The third-order valence-corrected chi connectivity index (χ3v) is 4.29. The van der Waals surface area contributed by atoms with E-state index < -0.39 is 0 Å². The predicted molar refractivity (Wildman–Crippen MR) is 116 cm³/mol. The van der Waals surface area contributed by atoms with Crippen molar-refractivity contribution in [2.75, 3.05) is 26.8 Å². The maximum Gasteiger partial charge on any atom is 0.234 e. The van der Waals surface area contributed by atoms with Crippen LogP contribution in [-0.4, -0.2) is 42.3 Å². The number of hydrogen-bond acceptors (Lipinski definition) is 4. The third kappa shape index (κ3) is 5.69. The molecule has 0 saturated heterocycles. The smallest absolute Gasteiger partial charge is 0.234 e. The van der Waals surface area contributed by atoms with Crippen LogP contribution in [0.25, 0.3) is 11.0 Å². The number of hydrogen-bond donors (Lipinski definition) is 2. The number of para-hydroxylation sites is 2. The summed E-state index contributed by atoms with van der Waals surface area (Å²) in [6, 6.07) is 17.6. The maximum atomic E-state index is 12.4. The van der Waals surface area contributed by atoms with E-state index >= 15 is 0 Å². The molecule has 2 N–H and O–H groups in total. The molecule has 0 spiro atoms. The van der Waals surface area contributed by atoms with E-state index in [0.717, 1.165) is 22.4 Å². The van der Waals surface area contributed by atoms with Crippen LogP contribution in [0, 0.1) is 0 Å². The van der Waals surface area contributed by atoms with E-state index in [1.807, 2.05) is 66.2 Å². The summed E-state index contributed by atoms with van der Waals surface area (Å²) in [5, 5.41) is 6.17. The van der Waals surface area contributed by atoms with Crippen LogP contribution in [0.1, 0.15) is 17.4 Å². The molecule has 0 saturated carbocycles. The molecule has 1 heterocycles. The molecule has 2 aromatic carbocycles. The highest BCUT2D eigenvalue weighted by Gasteiger charge is 2.22. The fourth-order valence-electron chi connectivity index (χ4n) is 2.95. The second kappa shape index (κ2) is 11.7. The van der Waals surface area contributed by atoms with E-state index in [1.54, 1.807) is 7.11 Å². The van der Waals surface area contributed by atoms with Gasteiger partial charge < -0.3 is 19.9 Å². The largest absolute Gasteiger partial charge is 0.383 e. The zero-order chi connectivity index (χ0) is 18.4. The molecule has 3 rings (SSSR count). The molecule has 0 radical (unpaired) electrons. The van der Waals surface area contributed by atoms with Crippen LogP contribution < -0.4 is 10.6 Å². The van der Waals surface area contributed by atoms with Gasteiger partial charge in [-0.3, -0.25) is 4.79 Å². The number of aromatic nitrogens is 2. The molecule has 1 atom stereocenters. The lowest BCUT2D eigenvalue weighted by Gasteiger charge is -2.19. The Morgan fingerprint density at radius 3 is 2.46 bits per heavy atom. The molecule has 6 nitrogen and oxygen atoms in total. The summed E-state index contributed by atoms with van der Waals surface area (Å²) < 4.78 is 7.02. The van der Waals surface area contributed by atoms with Gasteiger partial charge in [0.15, 0.2) is 0 Å². The average molecular weight is 425 g/mol. The number of carbonyl (C=O) groups is 1. The van der Waals surface area contributed by atoms with E-state index in [0.29, 0.717) is 13.2 Å². The zero-order valence-corrected chi connectivity index (χ0v) is 17.6. The highest BCUT2D eigenvalue weighted by molar-refractivity contribution is 5.85. The van der Waals surface area contributed by atoms with Crippen molar-refractivity contribution in [2.45, 2.75) is 6.04 Å². The van der Waals surface area contributed by atoms with E-state index in [2.05, 4.69) is 10.6 Å². The molecule has 1 unspecified atom stereocenters. The molecule has 0 aliphatic carbocycles. The van der Waals surface area contributed by atoms with Crippen molar-refractivity contribution in [2.24, 2.45) is 7.05 Å². The van der Waals surface area contributed by atoms with Gasteiger partial charge in [-0.1, -0.05) is 42.5 Å². The van der Waals surface area contributed by atoms with Crippen LogP contribution >= 0.6 is 24.8 Å². The predicted octanol–water partition coefficient (Wildman–Crippen LogP) is 2.86. The summed E-state index contributed by atoms with van der Waals surface area (Å²) in [4.78, 5) is 17.2. The molecule has 28 heavy (non-hydrogen) atoms. The van der Waals surface area contributed by atoms with Gasteiger partial charge in [0.2, 0.25) is 5.91 Å². The Morgan fingerprint density at radius 2 is 1.79 bits per heavy atom. The maximum absolute atomic E-state index is 12.4. The molecule has 0 fully saturated rings. The van der Waals surface area contributed by atoms with E-state index in [1.165, 1.54) is 0 Å². The molecule has 3 aromatic rings. The number of carbonyl (C=O) groups excluding carboxylic acids is 1. The molecule has 8 heteroatoms. The number of halogens is 2. The molecule has 0 aliphatic rings. The van der Waals surface area contributed by atoms with Crippen LogP contribution in [-0.2, 0) is 16.6 Å². The fraction of sp³-hybridized carbons (Fsp3) is 0.300. The van der Waals surface area contributed by atoms with E-state index in [-0.39, 0.29) is 43.3 Å². The Labute approximate surface area is 177 Å². The highest BCUT2D eigenvalue weighted by Crippen LogP contribution is 2.24. The van der Waals surface area contributed by atoms with Crippen LogP contribution in [0.4, 0.5) is 0 Å². The first-order valence-corrected chi connectivity index (χ1v) is 8.66. The Balaban J connectivity index is 0.00000196. The summed E-state index contributed by atoms with van der Waals surface area (Å²) in [5.74, 6) is 0.727. The molecular weight excluding hydrogens is 399 g/mol. The van der Waals surface area contributed by atoms with Gasteiger partial charge in [0.05, 0.1) is 24.2 Å². The zero-order valence-electron chi connectivity index (χ0n) is 15.9. The van der Waals surface area contributed by atoms with Gasteiger partial charge in [-0.15, -0.1) is 24.8 Å². The van der Waals surface area contributed by atoms with Crippen LogP contribution in [0.5, 0.6) is 0 Å². The van der Waals surface area contributed by atoms with Gasteiger partial charge in [0, 0.05) is 20.7 Å². The summed E-state index contributed by atoms with van der Waals surface area (Å²) in [6.45, 7) is 1.43. The Kier molecular flexibility index (Phi) is 9.96. The summed E-state index contributed by atoms with van der Waals surface area (Å²) in [7, 11) is 3.61. The van der Waals surface area contributed by atoms with Gasteiger partial charge in [-0.2, -0.15) is 0 Å². The SMILES string of the molecule is COCCNCC(=O)NC(c1ccccc1)c1nc2ccccc2n1C.Cl.Cl. The van der Waals surface area contributed by atoms with Crippen molar-refractivity contribution in [3.8, 4) is 0 Å². The van der Waals surface area contributed by atoms with Crippen molar-refractivity contribution in [3.05, 3.63) is 66.0 Å². The molecule has 0 aliphatic heterocycles. The number of ether oxygens (including phenoxy) is 1. The Hall–Kier alpha value is -2.12. The van der Waals surface area contributed by atoms with Gasteiger partial charge in [0.25, 0.3) is 0 Å². The average Bonchev–Trinajstić information content (AvgIpc) is 3.01. The van der Waals surface area contributed by atoms with Crippen molar-refractivity contribution < 1.29 is 9.53 Å². The monoisotopic (exact) mass is 424 g/mol.